The summed E-state index contributed by atoms with van der Waals surface area (Å²) in [6.07, 6.45) is 3.69. The van der Waals surface area contributed by atoms with Crippen LogP contribution in [0.3, 0.4) is 0 Å². The molecular weight excluding hydrogens is 400 g/mol. The van der Waals surface area contributed by atoms with Gasteiger partial charge in [-0.2, -0.15) is 4.98 Å². The zero-order valence-corrected chi connectivity index (χ0v) is 17.3. The second-order valence-electron chi connectivity index (χ2n) is 7.38. The van der Waals surface area contributed by atoms with E-state index < -0.39 is 0 Å². The van der Waals surface area contributed by atoms with Gasteiger partial charge in [0.05, 0.1) is 18.3 Å². The minimum atomic E-state index is -0.139. The first-order valence-corrected chi connectivity index (χ1v) is 10.2. The third kappa shape index (κ3) is 5.17. The van der Waals surface area contributed by atoms with Crippen LogP contribution in [-0.2, 0) is 11.3 Å². The molecule has 1 unspecified atom stereocenters. The van der Waals surface area contributed by atoms with Gasteiger partial charge in [-0.1, -0.05) is 17.3 Å². The number of pyridine rings is 1. The molecule has 31 heavy (non-hydrogen) atoms. The van der Waals surface area contributed by atoms with Crippen molar-refractivity contribution in [2.45, 2.75) is 25.4 Å². The molecule has 2 N–H and O–H groups in total. The van der Waals surface area contributed by atoms with E-state index in [9.17, 15) is 5.21 Å². The Morgan fingerprint density at radius 2 is 2.13 bits per heavy atom. The maximum atomic E-state index is 11.0. The summed E-state index contributed by atoms with van der Waals surface area (Å²) in [6, 6.07) is 10.7. The molecule has 0 spiro atoms. The van der Waals surface area contributed by atoms with Crippen LogP contribution in [0.4, 0.5) is 11.5 Å². The second-order valence-corrected chi connectivity index (χ2v) is 7.38. The number of benzene rings is 1. The Hall–Kier alpha value is -3.05. The highest BCUT2D eigenvalue weighted by Crippen LogP contribution is 2.33. The number of rotatable bonds is 9. The first-order valence-electron chi connectivity index (χ1n) is 10.2. The lowest BCUT2D eigenvalue weighted by Crippen LogP contribution is -2.23. The normalized spacial score (nSPS) is 16.5. The van der Waals surface area contributed by atoms with Crippen LogP contribution >= 0.6 is 0 Å². The second kappa shape index (κ2) is 9.84. The van der Waals surface area contributed by atoms with Crippen LogP contribution in [0.2, 0.25) is 0 Å². The molecule has 1 saturated heterocycles. The van der Waals surface area contributed by atoms with Crippen molar-refractivity contribution in [3.8, 4) is 11.4 Å². The molecule has 0 radical (unpaired) electrons. The number of nitrogens with zero attached hydrogens (tertiary/aromatic N) is 5. The van der Waals surface area contributed by atoms with Gasteiger partial charge in [0.25, 0.3) is 0 Å². The van der Waals surface area contributed by atoms with Crippen molar-refractivity contribution >= 4 is 11.5 Å². The molecule has 0 amide bonds. The van der Waals surface area contributed by atoms with Crippen LogP contribution in [0.25, 0.3) is 11.4 Å². The van der Waals surface area contributed by atoms with E-state index in [1.165, 1.54) is 0 Å². The molecule has 10 heteroatoms. The van der Waals surface area contributed by atoms with E-state index in [4.69, 9.17) is 14.5 Å². The van der Waals surface area contributed by atoms with Crippen molar-refractivity contribution in [3.05, 3.63) is 59.3 Å². The molecule has 1 atom stereocenters. The Morgan fingerprint density at radius 1 is 1.29 bits per heavy atom. The van der Waals surface area contributed by atoms with Gasteiger partial charge in [-0.25, -0.2) is 4.98 Å². The Bertz CT molecular complexity index is 961. The first kappa shape index (κ1) is 21.2. The number of aromatic nitrogens is 3. The zero-order valence-electron chi connectivity index (χ0n) is 17.3. The summed E-state index contributed by atoms with van der Waals surface area (Å²) in [5.41, 5.74) is 2.04. The van der Waals surface area contributed by atoms with Crippen LogP contribution in [0.5, 0.6) is 0 Å². The molecule has 0 aliphatic carbocycles. The summed E-state index contributed by atoms with van der Waals surface area (Å²) in [4.78, 5) is 11.3. The fourth-order valence-electron chi connectivity index (χ4n) is 3.66. The lowest BCUT2D eigenvalue weighted by atomic mass is 10.1. The van der Waals surface area contributed by atoms with Crippen LogP contribution in [0.1, 0.15) is 30.3 Å². The summed E-state index contributed by atoms with van der Waals surface area (Å²) in [6.45, 7) is 2.90. The zero-order chi connectivity index (χ0) is 21.6. The van der Waals surface area contributed by atoms with E-state index in [2.05, 4.69) is 25.3 Å². The lowest BCUT2D eigenvalue weighted by Gasteiger charge is -2.23. The molecule has 2 aromatic heterocycles. The molecule has 4 rings (SSSR count). The third-order valence-corrected chi connectivity index (χ3v) is 5.27. The van der Waals surface area contributed by atoms with Gasteiger partial charge in [-0.3, -0.25) is 10.1 Å². The lowest BCUT2D eigenvalue weighted by molar-refractivity contribution is 0.201. The standard InChI is InChI=1S/C21H25N6O4/c1-30-12-10-22-19-9-6-16(13-23-19)20-24-21(31-25-20)18-3-2-11-26(18)14-15-4-7-17(8-5-15)27(28)29/h4-9,13,18,28H,2-3,10-12,14H2,1H3,(H,22,23)/q-1. The molecule has 3 aromatic rings. The van der Waals surface area contributed by atoms with Crippen LogP contribution in [0, 0.1) is 5.21 Å². The quantitative estimate of drug-likeness (QED) is 0.390. The Morgan fingerprint density at radius 3 is 2.84 bits per heavy atom. The fourth-order valence-corrected chi connectivity index (χ4v) is 3.66. The number of ether oxygens (including phenoxy) is 1. The molecule has 1 aliphatic heterocycles. The minimum Gasteiger partial charge on any atom is -0.733 e. The molecular formula is C21H25N6O4-. The molecule has 0 saturated carbocycles. The van der Waals surface area contributed by atoms with Gasteiger partial charge < -0.3 is 25.0 Å². The monoisotopic (exact) mass is 425 g/mol. The highest BCUT2D eigenvalue weighted by molar-refractivity contribution is 5.55. The van der Waals surface area contributed by atoms with Crippen molar-refractivity contribution in [2.24, 2.45) is 0 Å². The Labute approximate surface area is 180 Å². The average molecular weight is 425 g/mol. The van der Waals surface area contributed by atoms with Gasteiger partial charge in [0.1, 0.15) is 5.82 Å². The number of anilines is 2. The third-order valence-electron chi connectivity index (χ3n) is 5.27. The topological polar surface area (TPSA) is 123 Å². The average Bonchev–Trinajstić information content (AvgIpc) is 3.44. The minimum absolute atomic E-state index is 0.0396. The van der Waals surface area contributed by atoms with Crippen molar-refractivity contribution in [1.29, 1.82) is 0 Å². The maximum Gasteiger partial charge on any atom is 0.244 e. The van der Waals surface area contributed by atoms with E-state index in [-0.39, 0.29) is 17.0 Å². The number of hydrogen-bond acceptors (Lipinski definition) is 10. The van der Waals surface area contributed by atoms with E-state index in [1.807, 2.05) is 24.3 Å². The van der Waals surface area contributed by atoms with E-state index in [1.54, 1.807) is 25.4 Å². The first-order chi connectivity index (χ1) is 15.1. The van der Waals surface area contributed by atoms with E-state index >= 15 is 0 Å². The van der Waals surface area contributed by atoms with Crippen molar-refractivity contribution in [1.82, 2.24) is 20.0 Å². The fraction of sp³-hybridized carbons (Fsp3) is 0.381. The van der Waals surface area contributed by atoms with Gasteiger partial charge in [-0.15, -0.1) is 0 Å². The maximum absolute atomic E-state index is 11.0. The summed E-state index contributed by atoms with van der Waals surface area (Å²) < 4.78 is 10.6. The summed E-state index contributed by atoms with van der Waals surface area (Å²) in [5, 5.41) is 27.1. The number of nitrogens with one attached hydrogen (secondary N) is 1. The number of likely N-dealkylation sites (tertiary alicyclic amines) is 1. The van der Waals surface area contributed by atoms with Gasteiger partial charge >= 0.3 is 0 Å². The molecule has 1 aliphatic rings. The van der Waals surface area contributed by atoms with E-state index in [0.29, 0.717) is 31.4 Å². The highest BCUT2D eigenvalue weighted by Gasteiger charge is 2.30. The Balaban J connectivity index is 1.41. The predicted octanol–water partition coefficient (Wildman–Crippen LogP) is 3.22. The number of hydrogen-bond donors (Lipinski definition) is 2. The van der Waals surface area contributed by atoms with Gasteiger partial charge in [0.15, 0.2) is 0 Å². The van der Waals surface area contributed by atoms with Gasteiger partial charge in [-0.05, 0) is 49.2 Å². The predicted molar refractivity (Wildman–Crippen MR) is 114 cm³/mol. The molecule has 1 aromatic carbocycles. The summed E-state index contributed by atoms with van der Waals surface area (Å²) in [7, 11) is 1.66. The summed E-state index contributed by atoms with van der Waals surface area (Å²) in [5.74, 6) is 1.87. The summed E-state index contributed by atoms with van der Waals surface area (Å²) >= 11 is 0. The van der Waals surface area contributed by atoms with Crippen molar-refractivity contribution < 1.29 is 14.5 Å². The van der Waals surface area contributed by atoms with Crippen molar-refractivity contribution in [2.75, 3.05) is 37.3 Å². The number of methoxy groups -OCH3 is 1. The van der Waals surface area contributed by atoms with Gasteiger partial charge in [0, 0.05) is 32.0 Å². The molecule has 10 nitrogen and oxygen atoms in total. The molecule has 164 valence electrons. The largest absolute Gasteiger partial charge is 0.733 e. The van der Waals surface area contributed by atoms with Crippen LogP contribution in [0.15, 0.2) is 47.1 Å². The molecule has 1 fully saturated rings. The SMILES string of the molecule is COCCNc1ccc(-c2noc(C3CCCN3Cc3ccc(N([O-])O)cc3)n2)cn1. The highest BCUT2D eigenvalue weighted by atomic mass is 16.8. The smallest absolute Gasteiger partial charge is 0.244 e. The molecule has 0 bridgehead atoms. The van der Waals surface area contributed by atoms with Crippen LogP contribution in [-0.4, -0.2) is 52.0 Å². The van der Waals surface area contributed by atoms with Crippen molar-refractivity contribution in [3.63, 3.8) is 0 Å². The van der Waals surface area contributed by atoms with E-state index in [0.717, 1.165) is 36.3 Å². The van der Waals surface area contributed by atoms with Crippen LogP contribution < -0.4 is 10.5 Å². The van der Waals surface area contributed by atoms with Gasteiger partial charge in [0.2, 0.25) is 11.7 Å². The molecule has 3 heterocycles. The Kier molecular flexibility index (Phi) is 6.73.